The van der Waals surface area contributed by atoms with Crippen LogP contribution >= 0.6 is 11.6 Å². The maximum absolute atomic E-state index is 12.5. The van der Waals surface area contributed by atoms with E-state index in [1.165, 1.54) is 0 Å². The minimum Gasteiger partial charge on any atom is -0.377 e. The van der Waals surface area contributed by atoms with Gasteiger partial charge in [-0.1, -0.05) is 11.6 Å². The third-order valence-corrected chi connectivity index (χ3v) is 3.20. The molecule has 19 heavy (non-hydrogen) atoms. The summed E-state index contributed by atoms with van der Waals surface area (Å²) in [7, 11) is 0. The van der Waals surface area contributed by atoms with Crippen LogP contribution in [-0.4, -0.2) is 37.3 Å². The van der Waals surface area contributed by atoms with E-state index in [0.717, 1.165) is 12.3 Å². The molecule has 1 aromatic heterocycles. The third-order valence-electron chi connectivity index (χ3n) is 2.92. The zero-order valence-corrected chi connectivity index (χ0v) is 10.7. The van der Waals surface area contributed by atoms with Gasteiger partial charge in [0, 0.05) is 19.3 Å². The van der Waals surface area contributed by atoms with Crippen molar-refractivity contribution in [1.29, 1.82) is 0 Å². The van der Waals surface area contributed by atoms with Gasteiger partial charge in [0.1, 0.15) is 5.82 Å². The zero-order valence-electron chi connectivity index (χ0n) is 9.95. The molecule has 106 valence electrons. The second kappa shape index (κ2) is 5.52. The smallest absolute Gasteiger partial charge is 0.377 e. The molecule has 4 nitrogen and oxygen atoms in total. The molecule has 8 heteroatoms. The lowest BCUT2D eigenvalue weighted by atomic mass is 10.2. The van der Waals surface area contributed by atoms with E-state index in [4.69, 9.17) is 22.1 Å². The molecule has 2 rings (SSSR count). The lowest BCUT2D eigenvalue weighted by molar-refractivity contribution is -0.137. The van der Waals surface area contributed by atoms with Crippen molar-refractivity contribution < 1.29 is 17.9 Å². The second-order valence-electron chi connectivity index (χ2n) is 4.19. The van der Waals surface area contributed by atoms with Crippen molar-refractivity contribution in [2.45, 2.75) is 12.2 Å². The summed E-state index contributed by atoms with van der Waals surface area (Å²) in [6, 6.07) is 0.753. The van der Waals surface area contributed by atoms with E-state index >= 15 is 0 Å². The molecule has 1 aromatic rings. The first-order valence-electron chi connectivity index (χ1n) is 5.70. The monoisotopic (exact) mass is 295 g/mol. The Hall–Kier alpha value is -1.05. The molecule has 2 heterocycles. The Balaban J connectivity index is 2.30. The minimum atomic E-state index is -4.45. The molecular formula is C11H13ClF3N3O. The highest BCUT2D eigenvalue weighted by atomic mass is 35.5. The zero-order chi connectivity index (χ0) is 14.0. The van der Waals surface area contributed by atoms with Crippen molar-refractivity contribution in [2.75, 3.05) is 31.2 Å². The maximum atomic E-state index is 12.5. The third kappa shape index (κ3) is 3.10. The number of hydrogen-bond acceptors (Lipinski definition) is 4. The Kier molecular flexibility index (Phi) is 4.17. The fourth-order valence-electron chi connectivity index (χ4n) is 1.93. The molecule has 0 aliphatic carbocycles. The Morgan fingerprint density at radius 3 is 2.84 bits per heavy atom. The van der Waals surface area contributed by atoms with Crippen molar-refractivity contribution >= 4 is 17.4 Å². The van der Waals surface area contributed by atoms with E-state index < -0.39 is 11.7 Å². The number of nitrogens with zero attached hydrogens (tertiary/aromatic N) is 2. The standard InChI is InChI=1S/C11H13ClF3N3O/c12-9-3-7(11(13,14)15)5-17-10(9)18-1-2-19-6-8(18)4-16/h3,5,8H,1-2,4,6,16H2. The predicted octanol–water partition coefficient (Wildman–Crippen LogP) is 1.92. The first kappa shape index (κ1) is 14.4. The fourth-order valence-corrected chi connectivity index (χ4v) is 2.20. The Morgan fingerprint density at radius 1 is 1.53 bits per heavy atom. The molecular weight excluding hydrogens is 283 g/mol. The lowest BCUT2D eigenvalue weighted by Crippen LogP contribution is -2.50. The van der Waals surface area contributed by atoms with Crippen LogP contribution < -0.4 is 10.6 Å². The number of ether oxygens (including phenoxy) is 1. The molecule has 1 unspecified atom stereocenters. The quantitative estimate of drug-likeness (QED) is 0.906. The van der Waals surface area contributed by atoms with Gasteiger partial charge >= 0.3 is 6.18 Å². The van der Waals surface area contributed by atoms with Crippen LogP contribution in [0.2, 0.25) is 5.02 Å². The van der Waals surface area contributed by atoms with E-state index in [2.05, 4.69) is 4.98 Å². The average Bonchev–Trinajstić information content (AvgIpc) is 2.37. The van der Waals surface area contributed by atoms with Crippen LogP contribution in [0.4, 0.5) is 19.0 Å². The second-order valence-corrected chi connectivity index (χ2v) is 4.59. The molecule has 0 amide bonds. The number of nitrogens with two attached hydrogens (primary N) is 1. The number of aromatic nitrogens is 1. The molecule has 0 saturated carbocycles. The van der Waals surface area contributed by atoms with Crippen molar-refractivity contribution in [2.24, 2.45) is 5.73 Å². The van der Waals surface area contributed by atoms with E-state index in [0.29, 0.717) is 32.1 Å². The van der Waals surface area contributed by atoms with E-state index in [1.54, 1.807) is 4.90 Å². The van der Waals surface area contributed by atoms with Crippen LogP contribution in [-0.2, 0) is 10.9 Å². The molecule has 1 fully saturated rings. The van der Waals surface area contributed by atoms with Gasteiger partial charge in [0.15, 0.2) is 0 Å². The Bertz CT molecular complexity index is 455. The normalized spacial score (nSPS) is 20.7. The summed E-state index contributed by atoms with van der Waals surface area (Å²) in [5, 5.41) is -0.0322. The number of anilines is 1. The largest absolute Gasteiger partial charge is 0.417 e. The van der Waals surface area contributed by atoms with Crippen molar-refractivity contribution in [3.63, 3.8) is 0 Å². The summed E-state index contributed by atoms with van der Waals surface area (Å²) in [6.07, 6.45) is -3.67. The van der Waals surface area contributed by atoms with Gasteiger partial charge in [-0.15, -0.1) is 0 Å². The van der Waals surface area contributed by atoms with Crippen molar-refractivity contribution in [3.8, 4) is 0 Å². The minimum absolute atomic E-state index is 0.0322. The van der Waals surface area contributed by atoms with Crippen molar-refractivity contribution in [3.05, 3.63) is 22.8 Å². The number of pyridine rings is 1. The van der Waals surface area contributed by atoms with Gasteiger partial charge in [0.05, 0.1) is 29.8 Å². The average molecular weight is 296 g/mol. The maximum Gasteiger partial charge on any atom is 0.417 e. The molecule has 0 radical (unpaired) electrons. The summed E-state index contributed by atoms with van der Waals surface area (Å²) in [4.78, 5) is 5.61. The highest BCUT2D eigenvalue weighted by Crippen LogP contribution is 2.34. The predicted molar refractivity (Wildman–Crippen MR) is 65.3 cm³/mol. The number of halogens is 4. The van der Waals surface area contributed by atoms with Gasteiger partial charge in [-0.2, -0.15) is 13.2 Å². The summed E-state index contributed by atoms with van der Waals surface area (Å²) in [5.74, 6) is 0.313. The molecule has 1 aliphatic heterocycles. The van der Waals surface area contributed by atoms with Crippen LogP contribution in [0.5, 0.6) is 0 Å². The van der Waals surface area contributed by atoms with E-state index in [1.807, 2.05) is 0 Å². The van der Waals surface area contributed by atoms with Gasteiger partial charge in [-0.05, 0) is 6.07 Å². The van der Waals surface area contributed by atoms with Gasteiger partial charge < -0.3 is 15.4 Å². The van der Waals surface area contributed by atoms with Crippen LogP contribution in [0.25, 0.3) is 0 Å². The van der Waals surface area contributed by atoms with Crippen LogP contribution in [0.15, 0.2) is 12.3 Å². The van der Waals surface area contributed by atoms with Crippen LogP contribution in [0, 0.1) is 0 Å². The fraction of sp³-hybridized carbons (Fsp3) is 0.545. The molecule has 1 atom stereocenters. The topological polar surface area (TPSA) is 51.4 Å². The summed E-state index contributed by atoms with van der Waals surface area (Å²) < 4.78 is 42.9. The molecule has 1 aliphatic rings. The van der Waals surface area contributed by atoms with Crippen LogP contribution in [0.1, 0.15) is 5.56 Å². The number of morpholine rings is 1. The highest BCUT2D eigenvalue weighted by Gasteiger charge is 2.33. The first-order valence-corrected chi connectivity index (χ1v) is 6.08. The number of rotatable bonds is 2. The molecule has 1 saturated heterocycles. The van der Waals surface area contributed by atoms with Gasteiger partial charge in [0.25, 0.3) is 0 Å². The van der Waals surface area contributed by atoms with E-state index in [9.17, 15) is 13.2 Å². The molecule has 0 bridgehead atoms. The van der Waals surface area contributed by atoms with Crippen molar-refractivity contribution in [1.82, 2.24) is 4.98 Å². The van der Waals surface area contributed by atoms with Crippen LogP contribution in [0.3, 0.4) is 0 Å². The number of alkyl halides is 3. The molecule has 0 spiro atoms. The highest BCUT2D eigenvalue weighted by molar-refractivity contribution is 6.33. The molecule has 0 aromatic carbocycles. The summed E-state index contributed by atoms with van der Waals surface area (Å²) >= 11 is 5.91. The Morgan fingerprint density at radius 2 is 2.26 bits per heavy atom. The number of hydrogen-bond donors (Lipinski definition) is 1. The van der Waals surface area contributed by atoms with Gasteiger partial charge in [-0.3, -0.25) is 0 Å². The lowest BCUT2D eigenvalue weighted by Gasteiger charge is -2.36. The summed E-state index contributed by atoms with van der Waals surface area (Å²) in [5.41, 5.74) is 4.75. The van der Waals surface area contributed by atoms with E-state index in [-0.39, 0.29) is 11.1 Å². The Labute approximate surface area is 113 Å². The SMILES string of the molecule is NCC1COCCN1c1ncc(C(F)(F)F)cc1Cl. The van der Waals surface area contributed by atoms with Gasteiger partial charge in [-0.25, -0.2) is 4.98 Å². The van der Waals surface area contributed by atoms with Gasteiger partial charge in [0.2, 0.25) is 0 Å². The molecule has 2 N–H and O–H groups in total. The summed E-state index contributed by atoms with van der Waals surface area (Å²) in [6.45, 7) is 1.70. The first-order chi connectivity index (χ1) is 8.93.